The van der Waals surface area contributed by atoms with Gasteiger partial charge in [0.1, 0.15) is 0 Å². The zero-order valence-corrected chi connectivity index (χ0v) is 17.9. The van der Waals surface area contributed by atoms with Gasteiger partial charge in [0.05, 0.1) is 16.8 Å². The van der Waals surface area contributed by atoms with Gasteiger partial charge in [-0.15, -0.1) is 0 Å². The Labute approximate surface area is 185 Å². The van der Waals surface area contributed by atoms with Gasteiger partial charge in [-0.3, -0.25) is 19.2 Å². The fraction of sp³-hybridized carbons (Fsp3) is 0.250. The quantitative estimate of drug-likeness (QED) is 0.489. The summed E-state index contributed by atoms with van der Waals surface area (Å²) in [5.41, 5.74) is 1.99. The number of ketones is 1. The summed E-state index contributed by atoms with van der Waals surface area (Å²) in [5, 5.41) is 3.28. The van der Waals surface area contributed by atoms with Crippen LogP contribution in [0.15, 0.2) is 54.7 Å². The first-order valence-corrected chi connectivity index (χ1v) is 10.4. The number of H-pyrrole nitrogens is 1. The Balaban J connectivity index is 1.50. The Kier molecular flexibility index (Phi) is 5.77. The molecular formula is C24H24N4O4. The summed E-state index contributed by atoms with van der Waals surface area (Å²) < 4.78 is 0. The molecule has 2 N–H and O–H groups in total. The zero-order valence-electron chi connectivity index (χ0n) is 17.9. The van der Waals surface area contributed by atoms with E-state index >= 15 is 0 Å². The van der Waals surface area contributed by atoms with Gasteiger partial charge in [-0.2, -0.15) is 0 Å². The molecule has 3 aromatic rings. The number of nitrogens with zero attached hydrogens (tertiary/aromatic N) is 2. The summed E-state index contributed by atoms with van der Waals surface area (Å²) in [7, 11) is 0. The summed E-state index contributed by atoms with van der Waals surface area (Å²) in [6, 6.07) is 13.9. The van der Waals surface area contributed by atoms with Crippen molar-refractivity contribution in [3.63, 3.8) is 0 Å². The maximum Gasteiger partial charge on any atom is 0.295 e. The number of rotatable bonds is 4. The van der Waals surface area contributed by atoms with Crippen LogP contribution in [0.25, 0.3) is 10.9 Å². The fourth-order valence-electron chi connectivity index (χ4n) is 4.09. The van der Waals surface area contributed by atoms with Crippen LogP contribution >= 0.6 is 0 Å². The number of para-hydroxylation sites is 1. The average molecular weight is 432 g/mol. The summed E-state index contributed by atoms with van der Waals surface area (Å²) in [5.74, 6) is -1.54. The highest BCUT2D eigenvalue weighted by molar-refractivity contribution is 6.45. The van der Waals surface area contributed by atoms with E-state index in [4.69, 9.17) is 0 Å². The lowest BCUT2D eigenvalue weighted by atomic mass is 10.1. The number of piperazine rings is 1. The predicted molar refractivity (Wildman–Crippen MR) is 120 cm³/mol. The number of aromatic nitrogens is 1. The van der Waals surface area contributed by atoms with Crippen molar-refractivity contribution >= 4 is 40.1 Å². The number of hydrogen-bond donors (Lipinski definition) is 2. The van der Waals surface area contributed by atoms with Gasteiger partial charge in [0.2, 0.25) is 5.91 Å². The van der Waals surface area contributed by atoms with Crippen LogP contribution in [-0.2, 0) is 9.59 Å². The second kappa shape index (κ2) is 8.66. The lowest BCUT2D eigenvalue weighted by Gasteiger charge is -2.39. The van der Waals surface area contributed by atoms with E-state index in [0.717, 1.165) is 0 Å². The number of carbonyl (C=O) groups is 4. The maximum absolute atomic E-state index is 13.1. The summed E-state index contributed by atoms with van der Waals surface area (Å²) in [6.07, 6.45) is 1.50. The van der Waals surface area contributed by atoms with Crippen LogP contribution in [0, 0.1) is 0 Å². The van der Waals surface area contributed by atoms with E-state index in [0.29, 0.717) is 35.2 Å². The molecule has 0 spiro atoms. The molecule has 8 heteroatoms. The second-order valence-corrected chi connectivity index (χ2v) is 7.91. The normalized spacial score (nSPS) is 16.1. The molecule has 1 aliphatic heterocycles. The van der Waals surface area contributed by atoms with Gasteiger partial charge in [-0.1, -0.05) is 30.3 Å². The van der Waals surface area contributed by atoms with Crippen molar-refractivity contribution in [1.29, 1.82) is 0 Å². The van der Waals surface area contributed by atoms with Crippen molar-refractivity contribution in [2.75, 3.05) is 25.0 Å². The highest BCUT2D eigenvalue weighted by Crippen LogP contribution is 2.26. The molecule has 0 radical (unpaired) electrons. The number of anilines is 1. The maximum atomic E-state index is 13.1. The number of carbonyl (C=O) groups excluding carboxylic acids is 4. The molecule has 8 nitrogen and oxygen atoms in total. The summed E-state index contributed by atoms with van der Waals surface area (Å²) >= 11 is 0. The van der Waals surface area contributed by atoms with E-state index < -0.39 is 11.7 Å². The molecule has 32 heavy (non-hydrogen) atoms. The topological polar surface area (TPSA) is 103 Å². The van der Waals surface area contributed by atoms with E-state index in [1.165, 1.54) is 18.0 Å². The van der Waals surface area contributed by atoms with Gasteiger partial charge in [0.15, 0.2) is 0 Å². The Hall–Kier alpha value is -3.94. The van der Waals surface area contributed by atoms with Crippen LogP contribution < -0.4 is 5.32 Å². The molecule has 1 fully saturated rings. The van der Waals surface area contributed by atoms with E-state index in [1.54, 1.807) is 35.2 Å². The van der Waals surface area contributed by atoms with Crippen molar-refractivity contribution in [3.05, 3.63) is 65.9 Å². The highest BCUT2D eigenvalue weighted by atomic mass is 16.2. The van der Waals surface area contributed by atoms with Crippen LogP contribution in [0.5, 0.6) is 0 Å². The minimum atomic E-state index is -0.620. The summed E-state index contributed by atoms with van der Waals surface area (Å²) in [4.78, 5) is 56.5. The zero-order chi connectivity index (χ0) is 22.8. The number of Topliss-reactive ketones (excluding diaryl/α,β-unsaturated/α-hetero) is 1. The largest absolute Gasteiger partial charge is 0.359 e. The van der Waals surface area contributed by atoms with Crippen molar-refractivity contribution in [1.82, 2.24) is 14.8 Å². The van der Waals surface area contributed by atoms with Crippen LogP contribution in [0.3, 0.4) is 0 Å². The number of hydrogen-bond acceptors (Lipinski definition) is 4. The molecule has 0 saturated carbocycles. The molecular weight excluding hydrogens is 408 g/mol. The van der Waals surface area contributed by atoms with Crippen molar-refractivity contribution in [2.24, 2.45) is 0 Å². The van der Waals surface area contributed by atoms with E-state index in [9.17, 15) is 19.2 Å². The molecule has 4 rings (SSSR count). The lowest BCUT2D eigenvalue weighted by Crippen LogP contribution is -2.56. The number of nitrogens with one attached hydrogen (secondary N) is 2. The Morgan fingerprint density at radius 2 is 1.75 bits per heavy atom. The van der Waals surface area contributed by atoms with Gasteiger partial charge < -0.3 is 20.1 Å². The fourth-order valence-corrected chi connectivity index (χ4v) is 4.09. The van der Waals surface area contributed by atoms with Crippen molar-refractivity contribution in [3.8, 4) is 0 Å². The van der Waals surface area contributed by atoms with Crippen LogP contribution in [0.2, 0.25) is 0 Å². The van der Waals surface area contributed by atoms with E-state index in [1.807, 2.05) is 25.1 Å². The van der Waals surface area contributed by atoms with Gasteiger partial charge in [-0.25, -0.2) is 0 Å². The standard InChI is InChI=1S/C24H24N4O4/c1-15-14-27(23(31)17-7-4-3-5-8-17)11-12-28(15)24(32)22(30)19-13-25-21-18(19)9-6-10-20(21)26-16(2)29/h3-10,13,15,25H,11-12,14H2,1-2H3,(H,26,29). The molecule has 1 unspecified atom stereocenters. The predicted octanol–water partition coefficient (Wildman–Crippen LogP) is 2.68. The SMILES string of the molecule is CC(=O)Nc1cccc2c(C(=O)C(=O)N3CCN(C(=O)c4ccccc4)CC3C)c[nH]c12. The monoisotopic (exact) mass is 432 g/mol. The van der Waals surface area contributed by atoms with E-state index in [-0.39, 0.29) is 30.0 Å². The van der Waals surface area contributed by atoms with Crippen LogP contribution in [-0.4, -0.2) is 64.0 Å². The molecule has 2 aromatic carbocycles. The smallest absolute Gasteiger partial charge is 0.295 e. The Morgan fingerprint density at radius 1 is 1.00 bits per heavy atom. The molecule has 3 amide bonds. The molecule has 1 aromatic heterocycles. The minimum absolute atomic E-state index is 0.0852. The third-order valence-electron chi connectivity index (χ3n) is 5.66. The van der Waals surface area contributed by atoms with Gasteiger partial charge >= 0.3 is 0 Å². The Morgan fingerprint density at radius 3 is 2.44 bits per heavy atom. The first-order valence-electron chi connectivity index (χ1n) is 10.4. The number of aromatic amines is 1. The lowest BCUT2D eigenvalue weighted by molar-refractivity contribution is -0.130. The number of benzene rings is 2. The number of amides is 3. The van der Waals surface area contributed by atoms with Crippen molar-refractivity contribution in [2.45, 2.75) is 19.9 Å². The highest BCUT2D eigenvalue weighted by Gasteiger charge is 2.34. The molecule has 0 aliphatic carbocycles. The first kappa shape index (κ1) is 21.3. The molecule has 1 aliphatic rings. The van der Waals surface area contributed by atoms with E-state index in [2.05, 4.69) is 10.3 Å². The molecule has 1 saturated heterocycles. The third kappa shape index (κ3) is 3.99. The average Bonchev–Trinajstić information content (AvgIpc) is 3.23. The third-order valence-corrected chi connectivity index (χ3v) is 5.66. The molecule has 0 bridgehead atoms. The van der Waals surface area contributed by atoms with Crippen LogP contribution in [0.1, 0.15) is 34.6 Å². The second-order valence-electron chi connectivity index (χ2n) is 7.91. The Bertz CT molecular complexity index is 1200. The number of fused-ring (bicyclic) bond motifs is 1. The minimum Gasteiger partial charge on any atom is -0.359 e. The molecule has 2 heterocycles. The molecule has 164 valence electrons. The summed E-state index contributed by atoms with van der Waals surface area (Å²) in [6.45, 7) is 4.23. The molecule has 1 atom stereocenters. The van der Waals surface area contributed by atoms with Crippen LogP contribution in [0.4, 0.5) is 5.69 Å². The van der Waals surface area contributed by atoms with Gasteiger partial charge in [0, 0.05) is 49.7 Å². The van der Waals surface area contributed by atoms with Gasteiger partial charge in [0.25, 0.3) is 17.6 Å². The first-order chi connectivity index (χ1) is 15.4. The van der Waals surface area contributed by atoms with Gasteiger partial charge in [-0.05, 0) is 25.1 Å². The van der Waals surface area contributed by atoms with Crippen molar-refractivity contribution < 1.29 is 19.2 Å².